The van der Waals surface area contributed by atoms with Crippen LogP contribution in [-0.2, 0) is 0 Å². The van der Waals surface area contributed by atoms with E-state index in [0.29, 0.717) is 0 Å². The highest BCUT2D eigenvalue weighted by atomic mass is 14.9. The van der Waals surface area contributed by atoms with Gasteiger partial charge in [-0.05, 0) is 26.0 Å². The number of H-pyrrole nitrogens is 1. The molecule has 0 saturated carbocycles. The summed E-state index contributed by atoms with van der Waals surface area (Å²) in [7, 11) is 0. The van der Waals surface area contributed by atoms with Crippen molar-refractivity contribution in [3.8, 4) is 11.4 Å². The number of aromatic nitrogens is 3. The molecule has 0 aliphatic heterocycles. The Bertz CT molecular complexity index is 384. The molecule has 3 nitrogen and oxygen atoms in total. The first-order chi connectivity index (χ1) is 6.27. The average Bonchev–Trinajstić information content (AvgIpc) is 2.49. The van der Waals surface area contributed by atoms with Gasteiger partial charge >= 0.3 is 0 Å². The summed E-state index contributed by atoms with van der Waals surface area (Å²) in [6.45, 7) is 4.01. The molecule has 0 aliphatic rings. The van der Waals surface area contributed by atoms with Crippen molar-refractivity contribution in [2.75, 3.05) is 0 Å². The van der Waals surface area contributed by atoms with Gasteiger partial charge in [0, 0.05) is 23.7 Å². The zero-order chi connectivity index (χ0) is 9.26. The van der Waals surface area contributed by atoms with Crippen molar-refractivity contribution in [3.63, 3.8) is 0 Å². The highest BCUT2D eigenvalue weighted by Gasteiger charge is 2.03. The van der Waals surface area contributed by atoms with Gasteiger partial charge in [-0.15, -0.1) is 0 Å². The van der Waals surface area contributed by atoms with Crippen LogP contribution in [0.3, 0.4) is 0 Å². The molecule has 2 aromatic heterocycles. The fourth-order valence-corrected chi connectivity index (χ4v) is 1.19. The molecule has 0 aromatic carbocycles. The first-order valence-corrected chi connectivity index (χ1v) is 4.21. The predicted octanol–water partition coefficient (Wildman–Crippen LogP) is 2.09. The van der Waals surface area contributed by atoms with E-state index in [1.54, 1.807) is 12.4 Å². The third kappa shape index (κ3) is 1.45. The van der Waals surface area contributed by atoms with Crippen LogP contribution in [0.25, 0.3) is 11.4 Å². The molecule has 0 aliphatic carbocycles. The second-order valence-electron chi connectivity index (χ2n) is 3.04. The minimum absolute atomic E-state index is 0.892. The summed E-state index contributed by atoms with van der Waals surface area (Å²) in [5.41, 5.74) is 3.18. The number of hydrogen-bond acceptors (Lipinski definition) is 2. The molecule has 0 atom stereocenters. The second-order valence-corrected chi connectivity index (χ2v) is 3.04. The lowest BCUT2D eigenvalue weighted by Crippen LogP contribution is -1.81. The Kier molecular flexibility index (Phi) is 1.85. The van der Waals surface area contributed by atoms with Crippen molar-refractivity contribution in [1.82, 2.24) is 15.0 Å². The van der Waals surface area contributed by atoms with Crippen LogP contribution in [0.2, 0.25) is 0 Å². The molecule has 1 N–H and O–H groups in total. The van der Waals surface area contributed by atoms with Crippen LogP contribution in [0.4, 0.5) is 0 Å². The first kappa shape index (κ1) is 7.98. The molecular formula is C10H11N3. The minimum atomic E-state index is 0.892. The summed E-state index contributed by atoms with van der Waals surface area (Å²) in [5, 5.41) is 0. The number of hydrogen-bond donors (Lipinski definition) is 1. The van der Waals surface area contributed by atoms with Gasteiger partial charge in [0.15, 0.2) is 0 Å². The molecule has 66 valence electrons. The summed E-state index contributed by atoms with van der Waals surface area (Å²) >= 11 is 0. The third-order valence-corrected chi connectivity index (χ3v) is 2.06. The molecule has 0 radical (unpaired) electrons. The Labute approximate surface area is 76.9 Å². The van der Waals surface area contributed by atoms with Crippen molar-refractivity contribution >= 4 is 0 Å². The van der Waals surface area contributed by atoms with Crippen LogP contribution < -0.4 is 0 Å². The average molecular weight is 173 g/mol. The molecule has 2 heterocycles. The van der Waals surface area contributed by atoms with Crippen molar-refractivity contribution in [1.29, 1.82) is 0 Å². The Hall–Kier alpha value is -1.64. The van der Waals surface area contributed by atoms with Crippen LogP contribution in [0, 0.1) is 13.8 Å². The Morgan fingerprint density at radius 1 is 1.31 bits per heavy atom. The monoisotopic (exact) mass is 173 g/mol. The first-order valence-electron chi connectivity index (χ1n) is 4.21. The molecule has 0 saturated heterocycles. The molecule has 2 aromatic rings. The van der Waals surface area contributed by atoms with Gasteiger partial charge in [-0.25, -0.2) is 4.98 Å². The van der Waals surface area contributed by atoms with Crippen LogP contribution >= 0.6 is 0 Å². The number of aryl methyl sites for hydroxylation is 2. The van der Waals surface area contributed by atoms with Gasteiger partial charge in [-0.3, -0.25) is 4.98 Å². The predicted molar refractivity (Wildman–Crippen MR) is 51.3 cm³/mol. The Morgan fingerprint density at radius 2 is 2.15 bits per heavy atom. The van der Waals surface area contributed by atoms with E-state index in [4.69, 9.17) is 0 Å². The Morgan fingerprint density at radius 3 is 2.69 bits per heavy atom. The summed E-state index contributed by atoms with van der Waals surface area (Å²) < 4.78 is 0. The standard InChI is InChI=1S/C10H11N3/c1-7-8(2)13-10(12-7)9-4-3-5-11-6-9/h3-6H,1-2H3,(H,12,13). The van der Waals surface area contributed by atoms with Crippen LogP contribution in [0.15, 0.2) is 24.5 Å². The lowest BCUT2D eigenvalue weighted by Gasteiger charge is -1.92. The number of nitrogens with one attached hydrogen (secondary N) is 1. The molecule has 0 bridgehead atoms. The minimum Gasteiger partial charge on any atom is -0.342 e. The molecule has 0 spiro atoms. The number of nitrogens with zero attached hydrogens (tertiary/aromatic N) is 2. The molecule has 0 amide bonds. The van der Waals surface area contributed by atoms with E-state index in [1.165, 1.54) is 0 Å². The van der Waals surface area contributed by atoms with Gasteiger partial charge in [0.05, 0.1) is 5.69 Å². The molecule has 0 unspecified atom stereocenters. The van der Waals surface area contributed by atoms with E-state index in [0.717, 1.165) is 22.8 Å². The second kappa shape index (κ2) is 3.01. The topological polar surface area (TPSA) is 41.6 Å². The summed E-state index contributed by atoms with van der Waals surface area (Å²) in [6, 6.07) is 3.90. The molecule has 3 heteroatoms. The van der Waals surface area contributed by atoms with Crippen LogP contribution in [0.1, 0.15) is 11.4 Å². The molecule has 0 fully saturated rings. The van der Waals surface area contributed by atoms with Crippen molar-refractivity contribution in [2.24, 2.45) is 0 Å². The largest absolute Gasteiger partial charge is 0.342 e. The van der Waals surface area contributed by atoms with Gasteiger partial charge < -0.3 is 4.98 Å². The molecular weight excluding hydrogens is 162 g/mol. The van der Waals surface area contributed by atoms with Gasteiger partial charge in [0.25, 0.3) is 0 Å². The van der Waals surface area contributed by atoms with E-state index < -0.39 is 0 Å². The maximum Gasteiger partial charge on any atom is 0.139 e. The SMILES string of the molecule is Cc1nc(-c2cccnc2)[nH]c1C. The van der Waals surface area contributed by atoms with Gasteiger partial charge in [0.1, 0.15) is 5.82 Å². The van der Waals surface area contributed by atoms with Crippen LogP contribution in [0.5, 0.6) is 0 Å². The normalized spacial score (nSPS) is 10.3. The van der Waals surface area contributed by atoms with Gasteiger partial charge in [0.2, 0.25) is 0 Å². The fraction of sp³-hybridized carbons (Fsp3) is 0.200. The van der Waals surface area contributed by atoms with Gasteiger partial charge in [-0.1, -0.05) is 0 Å². The summed E-state index contributed by atoms with van der Waals surface area (Å²) in [4.78, 5) is 11.6. The zero-order valence-corrected chi connectivity index (χ0v) is 7.70. The lowest BCUT2D eigenvalue weighted by molar-refractivity contribution is 1.22. The summed E-state index contributed by atoms with van der Waals surface area (Å²) in [6.07, 6.45) is 3.56. The van der Waals surface area contributed by atoms with E-state index in [1.807, 2.05) is 26.0 Å². The highest BCUT2D eigenvalue weighted by Crippen LogP contribution is 2.15. The van der Waals surface area contributed by atoms with Gasteiger partial charge in [-0.2, -0.15) is 0 Å². The van der Waals surface area contributed by atoms with E-state index in [9.17, 15) is 0 Å². The Balaban J connectivity index is 2.48. The fourth-order valence-electron chi connectivity index (χ4n) is 1.19. The van der Waals surface area contributed by atoms with Crippen molar-refractivity contribution in [2.45, 2.75) is 13.8 Å². The highest BCUT2D eigenvalue weighted by molar-refractivity contribution is 5.53. The third-order valence-electron chi connectivity index (χ3n) is 2.06. The zero-order valence-electron chi connectivity index (χ0n) is 7.70. The van der Waals surface area contributed by atoms with Crippen LogP contribution in [-0.4, -0.2) is 15.0 Å². The van der Waals surface area contributed by atoms with E-state index >= 15 is 0 Å². The molecule has 2 rings (SSSR count). The van der Waals surface area contributed by atoms with Crippen molar-refractivity contribution < 1.29 is 0 Å². The number of imidazole rings is 1. The smallest absolute Gasteiger partial charge is 0.139 e. The summed E-state index contributed by atoms with van der Waals surface area (Å²) in [5.74, 6) is 0.892. The molecule has 13 heavy (non-hydrogen) atoms. The number of rotatable bonds is 1. The van der Waals surface area contributed by atoms with E-state index in [2.05, 4.69) is 15.0 Å². The number of pyridine rings is 1. The van der Waals surface area contributed by atoms with E-state index in [-0.39, 0.29) is 0 Å². The quantitative estimate of drug-likeness (QED) is 0.717. The number of aromatic amines is 1. The maximum absolute atomic E-state index is 4.38. The maximum atomic E-state index is 4.38. The van der Waals surface area contributed by atoms with Crippen molar-refractivity contribution in [3.05, 3.63) is 35.9 Å². The lowest BCUT2D eigenvalue weighted by atomic mass is 10.3.